The number of rotatable bonds is 4. The molecule has 2 aromatic carbocycles. The second-order valence-electron chi connectivity index (χ2n) is 7.23. The van der Waals surface area contributed by atoms with E-state index < -0.39 is 16.1 Å². The summed E-state index contributed by atoms with van der Waals surface area (Å²) in [6.07, 6.45) is 1.30. The molecule has 2 fully saturated rings. The summed E-state index contributed by atoms with van der Waals surface area (Å²) in [6, 6.07) is 18.0. The zero-order valence-corrected chi connectivity index (χ0v) is 16.6. The Balaban J connectivity index is 1.45. The fourth-order valence-corrected chi connectivity index (χ4v) is 5.71. The SMILES string of the molecule is O=C(C1CCCN1S(=O)(=O)c1ccccc1)N1CCN(c2ccccc2)CC1. The second kappa shape index (κ2) is 7.93. The highest BCUT2D eigenvalue weighted by molar-refractivity contribution is 7.89. The summed E-state index contributed by atoms with van der Waals surface area (Å²) in [5, 5.41) is 0. The molecule has 0 aliphatic carbocycles. The Morgan fingerprint density at radius 3 is 2.07 bits per heavy atom. The van der Waals surface area contributed by atoms with E-state index in [0.717, 1.165) is 18.8 Å². The van der Waals surface area contributed by atoms with Gasteiger partial charge in [0.1, 0.15) is 6.04 Å². The zero-order valence-electron chi connectivity index (χ0n) is 15.8. The maximum absolute atomic E-state index is 13.1. The van der Waals surface area contributed by atoms with Crippen molar-refractivity contribution in [3.8, 4) is 0 Å². The zero-order chi connectivity index (χ0) is 19.6. The number of hydrogen-bond donors (Lipinski definition) is 0. The van der Waals surface area contributed by atoms with Crippen molar-refractivity contribution < 1.29 is 13.2 Å². The fourth-order valence-electron chi connectivity index (χ4n) is 4.04. The molecule has 2 saturated heterocycles. The van der Waals surface area contributed by atoms with Crippen molar-refractivity contribution in [3.05, 3.63) is 60.7 Å². The maximum atomic E-state index is 13.1. The van der Waals surface area contributed by atoms with Crippen LogP contribution in [0.5, 0.6) is 0 Å². The Labute approximate surface area is 166 Å². The molecule has 0 bridgehead atoms. The maximum Gasteiger partial charge on any atom is 0.243 e. The highest BCUT2D eigenvalue weighted by Crippen LogP contribution is 2.28. The van der Waals surface area contributed by atoms with Crippen LogP contribution in [0.1, 0.15) is 12.8 Å². The molecule has 2 aliphatic rings. The lowest BCUT2D eigenvalue weighted by molar-refractivity contribution is -0.134. The number of amides is 1. The first-order valence-corrected chi connectivity index (χ1v) is 11.2. The van der Waals surface area contributed by atoms with Crippen LogP contribution in [-0.2, 0) is 14.8 Å². The Morgan fingerprint density at radius 1 is 0.821 bits per heavy atom. The van der Waals surface area contributed by atoms with Crippen molar-refractivity contribution in [1.82, 2.24) is 9.21 Å². The standard InChI is InChI=1S/C21H25N3O3S/c25-21(23-16-14-22(15-17-23)18-8-3-1-4-9-18)20-12-7-13-24(20)28(26,27)19-10-5-2-6-11-19/h1-6,8-11,20H,7,12-17H2. The minimum absolute atomic E-state index is 0.0651. The topological polar surface area (TPSA) is 60.9 Å². The molecule has 4 rings (SSSR count). The van der Waals surface area contributed by atoms with Gasteiger partial charge in [0, 0.05) is 38.4 Å². The Bertz CT molecular complexity index is 910. The number of sulfonamides is 1. The van der Waals surface area contributed by atoms with Gasteiger partial charge in [-0.1, -0.05) is 36.4 Å². The van der Waals surface area contributed by atoms with Crippen molar-refractivity contribution >= 4 is 21.6 Å². The molecule has 2 aliphatic heterocycles. The summed E-state index contributed by atoms with van der Waals surface area (Å²) >= 11 is 0. The van der Waals surface area contributed by atoms with E-state index >= 15 is 0 Å². The summed E-state index contributed by atoms with van der Waals surface area (Å²) in [4.78, 5) is 17.5. The average molecular weight is 400 g/mol. The lowest BCUT2D eigenvalue weighted by Gasteiger charge is -2.38. The molecule has 7 heteroatoms. The Hall–Kier alpha value is -2.38. The summed E-state index contributed by atoms with van der Waals surface area (Å²) < 4.78 is 27.4. The van der Waals surface area contributed by atoms with Crippen molar-refractivity contribution in [3.63, 3.8) is 0 Å². The van der Waals surface area contributed by atoms with Crippen LogP contribution in [0.15, 0.2) is 65.6 Å². The number of benzene rings is 2. The van der Waals surface area contributed by atoms with E-state index in [1.54, 1.807) is 30.3 Å². The lowest BCUT2D eigenvalue weighted by atomic mass is 10.1. The van der Waals surface area contributed by atoms with Crippen molar-refractivity contribution in [1.29, 1.82) is 0 Å². The normalized spacial score (nSPS) is 21.1. The fraction of sp³-hybridized carbons (Fsp3) is 0.381. The van der Waals surface area contributed by atoms with E-state index in [0.29, 0.717) is 32.5 Å². The molecule has 0 aromatic heterocycles. The molecule has 2 aromatic rings. The minimum Gasteiger partial charge on any atom is -0.368 e. The second-order valence-corrected chi connectivity index (χ2v) is 9.13. The third kappa shape index (κ3) is 3.64. The molecule has 1 atom stereocenters. The molecule has 28 heavy (non-hydrogen) atoms. The molecule has 1 unspecified atom stereocenters. The van der Waals surface area contributed by atoms with Gasteiger partial charge < -0.3 is 9.80 Å². The van der Waals surface area contributed by atoms with E-state index in [-0.39, 0.29) is 10.8 Å². The van der Waals surface area contributed by atoms with Crippen LogP contribution < -0.4 is 4.90 Å². The number of piperazine rings is 1. The van der Waals surface area contributed by atoms with Gasteiger partial charge in [-0.25, -0.2) is 8.42 Å². The minimum atomic E-state index is -3.65. The summed E-state index contributed by atoms with van der Waals surface area (Å²) in [6.45, 7) is 3.15. The number of anilines is 1. The van der Waals surface area contributed by atoms with Crippen LogP contribution >= 0.6 is 0 Å². The van der Waals surface area contributed by atoms with Gasteiger partial charge in [-0.3, -0.25) is 4.79 Å². The molecule has 0 saturated carbocycles. The van der Waals surface area contributed by atoms with Crippen molar-refractivity contribution in [2.75, 3.05) is 37.6 Å². The van der Waals surface area contributed by atoms with Crippen LogP contribution in [0.3, 0.4) is 0 Å². The Kier molecular flexibility index (Phi) is 5.37. The first-order chi connectivity index (χ1) is 13.6. The van der Waals surface area contributed by atoms with Gasteiger partial charge in [0.05, 0.1) is 4.90 Å². The van der Waals surface area contributed by atoms with Crippen molar-refractivity contribution in [2.24, 2.45) is 0 Å². The van der Waals surface area contributed by atoms with Gasteiger partial charge in [-0.15, -0.1) is 0 Å². The van der Waals surface area contributed by atoms with Crippen LogP contribution in [0.2, 0.25) is 0 Å². The quantitative estimate of drug-likeness (QED) is 0.791. The first-order valence-electron chi connectivity index (χ1n) is 9.73. The van der Waals surface area contributed by atoms with Crippen molar-refractivity contribution in [2.45, 2.75) is 23.8 Å². The number of hydrogen-bond acceptors (Lipinski definition) is 4. The molecular weight excluding hydrogens is 374 g/mol. The first kappa shape index (κ1) is 19.0. The summed E-state index contributed by atoms with van der Waals surface area (Å²) in [5.41, 5.74) is 1.16. The van der Waals surface area contributed by atoms with Gasteiger partial charge in [0.2, 0.25) is 15.9 Å². The van der Waals surface area contributed by atoms with Gasteiger partial charge >= 0.3 is 0 Å². The molecule has 148 valence electrons. The smallest absolute Gasteiger partial charge is 0.243 e. The van der Waals surface area contributed by atoms with E-state index in [4.69, 9.17) is 0 Å². The number of para-hydroxylation sites is 1. The molecule has 0 spiro atoms. The van der Waals surface area contributed by atoms with Crippen LogP contribution in [0.25, 0.3) is 0 Å². The highest BCUT2D eigenvalue weighted by Gasteiger charge is 2.41. The largest absolute Gasteiger partial charge is 0.368 e. The van der Waals surface area contributed by atoms with E-state index in [9.17, 15) is 13.2 Å². The molecule has 0 radical (unpaired) electrons. The lowest BCUT2D eigenvalue weighted by Crippen LogP contribution is -2.54. The molecule has 2 heterocycles. The predicted octanol–water partition coefficient (Wildman–Crippen LogP) is 2.19. The Morgan fingerprint density at radius 2 is 1.43 bits per heavy atom. The van der Waals surface area contributed by atoms with E-state index in [1.807, 2.05) is 23.1 Å². The van der Waals surface area contributed by atoms with Gasteiger partial charge in [-0.05, 0) is 37.1 Å². The summed E-state index contributed by atoms with van der Waals surface area (Å²) in [7, 11) is -3.65. The average Bonchev–Trinajstić information content (AvgIpc) is 3.25. The van der Waals surface area contributed by atoms with Crippen LogP contribution in [0, 0.1) is 0 Å². The number of carbonyl (C=O) groups is 1. The predicted molar refractivity (Wildman–Crippen MR) is 109 cm³/mol. The molecule has 1 amide bonds. The van der Waals surface area contributed by atoms with Crippen LogP contribution in [0.4, 0.5) is 5.69 Å². The van der Waals surface area contributed by atoms with Crippen LogP contribution in [-0.4, -0.2) is 62.3 Å². The third-order valence-corrected chi connectivity index (χ3v) is 7.47. The molecular formula is C21H25N3O3S. The number of nitrogens with zero attached hydrogens (tertiary/aromatic N) is 3. The van der Waals surface area contributed by atoms with Gasteiger partial charge in [-0.2, -0.15) is 4.31 Å². The summed E-state index contributed by atoms with van der Waals surface area (Å²) in [5.74, 6) is -0.0651. The van der Waals surface area contributed by atoms with E-state index in [2.05, 4.69) is 17.0 Å². The third-order valence-electron chi connectivity index (χ3n) is 5.55. The van der Waals surface area contributed by atoms with Gasteiger partial charge in [0.25, 0.3) is 0 Å². The monoisotopic (exact) mass is 399 g/mol. The van der Waals surface area contributed by atoms with E-state index in [1.165, 1.54) is 4.31 Å². The molecule has 6 nitrogen and oxygen atoms in total. The van der Waals surface area contributed by atoms with Gasteiger partial charge in [0.15, 0.2) is 0 Å². The highest BCUT2D eigenvalue weighted by atomic mass is 32.2. The number of carbonyl (C=O) groups excluding carboxylic acids is 1. The molecule has 0 N–H and O–H groups in total.